The van der Waals surface area contributed by atoms with Gasteiger partial charge in [-0.15, -0.1) is 0 Å². The zero-order valence-corrected chi connectivity index (χ0v) is 12.9. The SMILES string of the molecule is COc1ccc(C[C@@H]2CCC[C@@H]3[C@H](O)[C@@H](O)[C@H](CO)N23)cc1. The molecule has 0 aromatic heterocycles. The predicted octanol–water partition coefficient (Wildman–Crippen LogP) is 0.557. The van der Waals surface area contributed by atoms with Gasteiger partial charge in [0.05, 0.1) is 32.0 Å². The lowest BCUT2D eigenvalue weighted by molar-refractivity contribution is 0.0167. The summed E-state index contributed by atoms with van der Waals surface area (Å²) < 4.78 is 5.18. The van der Waals surface area contributed by atoms with Gasteiger partial charge in [-0.3, -0.25) is 4.90 Å². The van der Waals surface area contributed by atoms with Crippen LogP contribution in [0.15, 0.2) is 24.3 Å². The zero-order chi connectivity index (χ0) is 15.7. The number of piperidine rings is 1. The molecular weight excluding hydrogens is 282 g/mol. The number of benzene rings is 1. The molecule has 0 bridgehead atoms. The fourth-order valence-electron chi connectivity index (χ4n) is 4.07. The minimum absolute atomic E-state index is 0.0378. The van der Waals surface area contributed by atoms with Crippen LogP contribution in [0.25, 0.3) is 0 Å². The number of aliphatic hydroxyl groups excluding tert-OH is 3. The second kappa shape index (κ2) is 6.54. The van der Waals surface area contributed by atoms with Gasteiger partial charge in [-0.2, -0.15) is 0 Å². The number of methoxy groups -OCH3 is 1. The molecule has 3 rings (SSSR count). The Morgan fingerprint density at radius 1 is 1.14 bits per heavy atom. The minimum Gasteiger partial charge on any atom is -0.497 e. The first-order valence-electron chi connectivity index (χ1n) is 8.03. The van der Waals surface area contributed by atoms with Crippen molar-refractivity contribution >= 4 is 0 Å². The van der Waals surface area contributed by atoms with Crippen LogP contribution in [0.5, 0.6) is 5.75 Å². The Balaban J connectivity index is 1.77. The van der Waals surface area contributed by atoms with Gasteiger partial charge in [0.25, 0.3) is 0 Å². The molecule has 2 fully saturated rings. The molecule has 5 heteroatoms. The first-order chi connectivity index (χ1) is 10.7. The van der Waals surface area contributed by atoms with Gasteiger partial charge < -0.3 is 20.1 Å². The molecule has 3 N–H and O–H groups in total. The van der Waals surface area contributed by atoms with Gasteiger partial charge in [0.15, 0.2) is 0 Å². The van der Waals surface area contributed by atoms with Crippen molar-refractivity contribution < 1.29 is 20.1 Å². The molecular formula is C17H25NO4. The maximum absolute atomic E-state index is 10.2. The maximum atomic E-state index is 10.2. The largest absolute Gasteiger partial charge is 0.497 e. The van der Waals surface area contributed by atoms with E-state index in [1.165, 1.54) is 5.56 Å². The molecule has 0 radical (unpaired) electrons. The Morgan fingerprint density at radius 3 is 2.50 bits per heavy atom. The van der Waals surface area contributed by atoms with E-state index in [1.54, 1.807) is 7.11 Å². The van der Waals surface area contributed by atoms with Gasteiger partial charge in [0.2, 0.25) is 0 Å². The summed E-state index contributed by atoms with van der Waals surface area (Å²) in [5.74, 6) is 0.838. The number of aliphatic hydroxyl groups is 3. The fraction of sp³-hybridized carbons (Fsp3) is 0.647. The first kappa shape index (κ1) is 15.7. The van der Waals surface area contributed by atoms with E-state index in [9.17, 15) is 15.3 Å². The summed E-state index contributed by atoms with van der Waals surface area (Å²) in [7, 11) is 1.65. The van der Waals surface area contributed by atoms with E-state index in [1.807, 2.05) is 12.1 Å². The molecule has 22 heavy (non-hydrogen) atoms. The lowest BCUT2D eigenvalue weighted by Gasteiger charge is -2.41. The van der Waals surface area contributed by atoms with Gasteiger partial charge in [0, 0.05) is 12.1 Å². The van der Waals surface area contributed by atoms with Crippen LogP contribution in [0.3, 0.4) is 0 Å². The van der Waals surface area contributed by atoms with Crippen LogP contribution in [0.2, 0.25) is 0 Å². The van der Waals surface area contributed by atoms with Crippen molar-refractivity contribution in [3.63, 3.8) is 0 Å². The number of nitrogens with zero attached hydrogens (tertiary/aromatic N) is 1. The molecule has 1 aromatic rings. The lowest BCUT2D eigenvalue weighted by Crippen LogP contribution is -2.51. The van der Waals surface area contributed by atoms with Crippen molar-refractivity contribution in [3.8, 4) is 5.75 Å². The molecule has 0 saturated carbocycles. The number of rotatable bonds is 4. The molecule has 2 saturated heterocycles. The van der Waals surface area contributed by atoms with Crippen molar-refractivity contribution in [3.05, 3.63) is 29.8 Å². The summed E-state index contributed by atoms with van der Waals surface area (Å²) in [5.41, 5.74) is 1.21. The highest BCUT2D eigenvalue weighted by molar-refractivity contribution is 5.28. The normalized spacial score (nSPS) is 35.4. The smallest absolute Gasteiger partial charge is 0.118 e. The van der Waals surface area contributed by atoms with Crippen molar-refractivity contribution in [1.29, 1.82) is 0 Å². The average Bonchev–Trinajstić information content (AvgIpc) is 2.80. The van der Waals surface area contributed by atoms with Gasteiger partial charge in [-0.05, 0) is 37.0 Å². The van der Waals surface area contributed by atoms with Gasteiger partial charge in [-0.25, -0.2) is 0 Å². The number of fused-ring (bicyclic) bond motifs is 1. The standard InChI is InChI=1S/C17H25NO4/c1-22-13-7-5-11(6-8-13)9-12-3-2-4-14-16(20)17(21)15(10-19)18(12)14/h5-8,12,14-17,19-21H,2-4,9-10H2,1H3/t12-,14+,15-,16-,17-/m0/s1. The molecule has 0 aliphatic carbocycles. The topological polar surface area (TPSA) is 73.2 Å². The molecule has 1 aromatic carbocycles. The van der Waals surface area contributed by atoms with E-state index < -0.39 is 12.2 Å². The Kier molecular flexibility index (Phi) is 4.68. The van der Waals surface area contributed by atoms with Crippen LogP contribution >= 0.6 is 0 Å². The van der Waals surface area contributed by atoms with Crippen molar-refractivity contribution in [2.45, 2.75) is 56.0 Å². The molecule has 0 amide bonds. The highest BCUT2D eigenvalue weighted by atomic mass is 16.5. The Morgan fingerprint density at radius 2 is 1.86 bits per heavy atom. The second-order valence-electron chi connectivity index (χ2n) is 6.38. The number of hydrogen-bond donors (Lipinski definition) is 3. The Labute approximate surface area is 131 Å². The van der Waals surface area contributed by atoms with E-state index in [4.69, 9.17) is 4.74 Å². The van der Waals surface area contributed by atoms with Gasteiger partial charge in [0.1, 0.15) is 5.75 Å². The van der Waals surface area contributed by atoms with Crippen LogP contribution in [0.1, 0.15) is 24.8 Å². The third kappa shape index (κ3) is 2.74. The van der Waals surface area contributed by atoms with Crippen molar-refractivity contribution in [2.24, 2.45) is 0 Å². The van der Waals surface area contributed by atoms with Crippen molar-refractivity contribution in [1.82, 2.24) is 4.90 Å². The lowest BCUT2D eigenvalue weighted by atomic mass is 9.91. The van der Waals surface area contributed by atoms with Crippen LogP contribution in [0, 0.1) is 0 Å². The van der Waals surface area contributed by atoms with Crippen molar-refractivity contribution in [2.75, 3.05) is 13.7 Å². The third-order valence-electron chi connectivity index (χ3n) is 5.18. The third-order valence-corrected chi connectivity index (χ3v) is 5.18. The quantitative estimate of drug-likeness (QED) is 0.758. The molecule has 2 heterocycles. The predicted molar refractivity (Wildman–Crippen MR) is 82.9 cm³/mol. The highest BCUT2D eigenvalue weighted by Gasteiger charge is 2.50. The summed E-state index contributed by atoms with van der Waals surface area (Å²) >= 11 is 0. The van der Waals surface area contributed by atoms with E-state index in [-0.39, 0.29) is 24.7 Å². The summed E-state index contributed by atoms with van der Waals surface area (Å²) in [6.45, 7) is -0.117. The van der Waals surface area contributed by atoms with E-state index in [0.717, 1.165) is 31.4 Å². The zero-order valence-electron chi connectivity index (χ0n) is 12.9. The molecule has 5 atom stereocenters. The Bertz CT molecular complexity index is 482. The summed E-state index contributed by atoms with van der Waals surface area (Å²) in [5, 5.41) is 30.0. The molecule has 2 aliphatic rings. The van der Waals surface area contributed by atoms with Crippen LogP contribution < -0.4 is 4.74 Å². The summed E-state index contributed by atoms with van der Waals surface area (Å²) in [6.07, 6.45) is 2.20. The second-order valence-corrected chi connectivity index (χ2v) is 6.38. The molecule has 122 valence electrons. The van der Waals surface area contributed by atoms with E-state index >= 15 is 0 Å². The Hall–Kier alpha value is -1.14. The monoisotopic (exact) mass is 307 g/mol. The number of hydrogen-bond acceptors (Lipinski definition) is 5. The number of ether oxygens (including phenoxy) is 1. The van der Waals surface area contributed by atoms with Crippen LogP contribution in [-0.2, 0) is 6.42 Å². The van der Waals surface area contributed by atoms with E-state index in [2.05, 4.69) is 17.0 Å². The first-order valence-corrected chi connectivity index (χ1v) is 8.03. The highest BCUT2D eigenvalue weighted by Crippen LogP contribution is 2.37. The van der Waals surface area contributed by atoms with Crippen LogP contribution in [0.4, 0.5) is 0 Å². The molecule has 5 nitrogen and oxygen atoms in total. The molecule has 2 aliphatic heterocycles. The minimum atomic E-state index is -0.855. The average molecular weight is 307 g/mol. The fourth-order valence-corrected chi connectivity index (χ4v) is 4.07. The molecule has 0 unspecified atom stereocenters. The molecule has 0 spiro atoms. The van der Waals surface area contributed by atoms with Gasteiger partial charge >= 0.3 is 0 Å². The summed E-state index contributed by atoms with van der Waals surface area (Å²) in [6, 6.07) is 7.86. The maximum Gasteiger partial charge on any atom is 0.118 e. The van der Waals surface area contributed by atoms with Crippen LogP contribution in [-0.4, -0.2) is 64.3 Å². The summed E-state index contributed by atoms with van der Waals surface area (Å²) in [4.78, 5) is 2.16. The van der Waals surface area contributed by atoms with E-state index in [0.29, 0.717) is 0 Å². The van der Waals surface area contributed by atoms with Gasteiger partial charge in [-0.1, -0.05) is 18.6 Å².